The third kappa shape index (κ3) is 3.21. The summed E-state index contributed by atoms with van der Waals surface area (Å²) in [5, 5.41) is 11.4. The highest BCUT2D eigenvalue weighted by Gasteiger charge is 2.28. The van der Waals surface area contributed by atoms with Gasteiger partial charge in [0.1, 0.15) is 0 Å². The molecule has 8 rings (SSSR count). The molecule has 0 aliphatic carbocycles. The Labute approximate surface area is 221 Å². The van der Waals surface area contributed by atoms with Gasteiger partial charge in [-0.15, -0.1) is 0 Å². The van der Waals surface area contributed by atoms with E-state index < -0.39 is 0 Å². The van der Waals surface area contributed by atoms with Crippen LogP contribution in [0.1, 0.15) is 11.1 Å². The molecule has 0 saturated carbocycles. The van der Waals surface area contributed by atoms with E-state index in [0.29, 0.717) is 0 Å². The van der Waals surface area contributed by atoms with E-state index in [9.17, 15) is 0 Å². The van der Waals surface area contributed by atoms with Crippen molar-refractivity contribution in [2.45, 2.75) is 0 Å². The summed E-state index contributed by atoms with van der Waals surface area (Å²) in [7, 11) is 0. The number of hydrogen-bond donors (Lipinski definition) is 0. The molecule has 0 saturated heterocycles. The van der Waals surface area contributed by atoms with Gasteiger partial charge >= 0.3 is 0 Å². The number of para-hydroxylation sites is 2. The van der Waals surface area contributed by atoms with E-state index in [0.717, 1.165) is 33.9 Å². The molecule has 2 heteroatoms. The molecular formula is C36H23N2. The van der Waals surface area contributed by atoms with Gasteiger partial charge in [-0.1, -0.05) is 109 Å². The van der Waals surface area contributed by atoms with Gasteiger partial charge in [0.25, 0.3) is 0 Å². The van der Waals surface area contributed by atoms with Crippen molar-refractivity contribution in [3.8, 4) is 11.3 Å². The molecule has 1 aliphatic heterocycles. The van der Waals surface area contributed by atoms with Crippen LogP contribution in [0.15, 0.2) is 140 Å². The summed E-state index contributed by atoms with van der Waals surface area (Å²) in [6.07, 6.45) is 0. The lowest BCUT2D eigenvalue weighted by Crippen LogP contribution is -2.03. The smallest absolute Gasteiger partial charge is 0.0957 e. The minimum absolute atomic E-state index is 1.00. The summed E-state index contributed by atoms with van der Waals surface area (Å²) in [5.41, 5.74) is 8.94. The molecule has 1 aromatic heterocycles. The van der Waals surface area contributed by atoms with Gasteiger partial charge in [-0.05, 0) is 57.4 Å². The molecule has 0 bridgehead atoms. The molecule has 0 N–H and O–H groups in total. The number of aromatic nitrogens is 1. The van der Waals surface area contributed by atoms with E-state index in [2.05, 4.69) is 144 Å². The number of benzene rings is 6. The Hall–Kier alpha value is -5.08. The Kier molecular flexibility index (Phi) is 4.55. The van der Waals surface area contributed by atoms with Crippen LogP contribution in [0.4, 0.5) is 5.69 Å². The first-order valence-corrected chi connectivity index (χ1v) is 13.0. The first-order valence-electron chi connectivity index (χ1n) is 13.0. The molecule has 38 heavy (non-hydrogen) atoms. The van der Waals surface area contributed by atoms with E-state index in [-0.39, 0.29) is 0 Å². The molecule has 7 aromatic rings. The van der Waals surface area contributed by atoms with Crippen molar-refractivity contribution >= 4 is 49.5 Å². The summed E-state index contributed by atoms with van der Waals surface area (Å²) < 4.78 is 2.42. The third-order valence-electron chi connectivity index (χ3n) is 7.62. The van der Waals surface area contributed by atoms with Crippen LogP contribution in [-0.2, 0) is 0 Å². The molecule has 6 aromatic carbocycles. The second kappa shape index (κ2) is 8.22. The van der Waals surface area contributed by atoms with E-state index in [1.807, 2.05) is 0 Å². The Morgan fingerprint density at radius 3 is 1.79 bits per heavy atom. The average Bonchev–Trinajstić information content (AvgIpc) is 3.55. The lowest BCUT2D eigenvalue weighted by molar-refractivity contribution is 1.17. The zero-order valence-corrected chi connectivity index (χ0v) is 20.7. The van der Waals surface area contributed by atoms with E-state index in [4.69, 9.17) is 5.32 Å². The van der Waals surface area contributed by atoms with Gasteiger partial charge < -0.3 is 4.57 Å². The van der Waals surface area contributed by atoms with E-state index >= 15 is 0 Å². The molecule has 0 spiro atoms. The first-order chi connectivity index (χ1) is 18.8. The highest BCUT2D eigenvalue weighted by molar-refractivity contribution is 6.06. The van der Waals surface area contributed by atoms with Crippen molar-refractivity contribution in [1.82, 2.24) is 9.88 Å². The van der Waals surface area contributed by atoms with Gasteiger partial charge in [0.2, 0.25) is 0 Å². The molecule has 0 amide bonds. The van der Waals surface area contributed by atoms with Crippen molar-refractivity contribution in [3.63, 3.8) is 0 Å². The van der Waals surface area contributed by atoms with Crippen molar-refractivity contribution < 1.29 is 0 Å². The second-order valence-corrected chi connectivity index (χ2v) is 9.87. The third-order valence-corrected chi connectivity index (χ3v) is 7.62. The van der Waals surface area contributed by atoms with Gasteiger partial charge in [-0.25, -0.2) is 5.32 Å². The first kappa shape index (κ1) is 21.0. The lowest BCUT2D eigenvalue weighted by atomic mass is 10.0. The average molecular weight is 484 g/mol. The second-order valence-electron chi connectivity index (χ2n) is 9.87. The molecular weight excluding hydrogens is 460 g/mol. The summed E-state index contributed by atoms with van der Waals surface area (Å²) in [5.74, 6) is 0. The number of rotatable bonds is 3. The molecule has 2 heterocycles. The summed E-state index contributed by atoms with van der Waals surface area (Å²) in [4.78, 5) is 0. The maximum Gasteiger partial charge on any atom is 0.0957 e. The predicted octanol–water partition coefficient (Wildman–Crippen LogP) is 9.24. The van der Waals surface area contributed by atoms with Gasteiger partial charge in [0.15, 0.2) is 0 Å². The van der Waals surface area contributed by atoms with Crippen LogP contribution in [-0.4, -0.2) is 4.57 Å². The van der Waals surface area contributed by atoms with Crippen molar-refractivity contribution in [3.05, 3.63) is 151 Å². The maximum atomic E-state index is 5.22. The zero-order valence-electron chi connectivity index (χ0n) is 20.7. The van der Waals surface area contributed by atoms with Crippen LogP contribution >= 0.6 is 0 Å². The molecule has 2 nitrogen and oxygen atoms in total. The Bertz CT molecular complexity index is 2060. The Morgan fingerprint density at radius 2 is 1.03 bits per heavy atom. The molecule has 1 aliphatic rings. The molecule has 1 radical (unpaired) electrons. The zero-order chi connectivity index (χ0) is 25.1. The van der Waals surface area contributed by atoms with Crippen molar-refractivity contribution in [2.75, 3.05) is 0 Å². The Balaban J connectivity index is 1.45. The van der Waals surface area contributed by atoms with Crippen molar-refractivity contribution in [1.29, 1.82) is 0 Å². The minimum atomic E-state index is 1.00. The quantitative estimate of drug-likeness (QED) is 0.239. The number of nitrogens with zero attached hydrogens (tertiary/aromatic N) is 2. The van der Waals surface area contributed by atoms with Gasteiger partial charge in [0.05, 0.1) is 28.3 Å². The predicted molar refractivity (Wildman–Crippen MR) is 159 cm³/mol. The summed E-state index contributed by atoms with van der Waals surface area (Å²) in [6, 6.07) is 49.9. The van der Waals surface area contributed by atoms with Crippen LogP contribution in [0.3, 0.4) is 0 Å². The van der Waals surface area contributed by atoms with Gasteiger partial charge in [-0.3, -0.25) is 0 Å². The fourth-order valence-corrected chi connectivity index (χ4v) is 5.79. The fraction of sp³-hybridized carbons (Fsp3) is 0. The molecule has 0 fully saturated rings. The molecule has 0 atom stereocenters. The van der Waals surface area contributed by atoms with Crippen LogP contribution in [0.5, 0.6) is 0 Å². The van der Waals surface area contributed by atoms with E-state index in [1.165, 1.54) is 38.0 Å². The van der Waals surface area contributed by atoms with Crippen LogP contribution in [0, 0.1) is 0 Å². The minimum Gasteiger partial charge on any atom is -0.306 e. The van der Waals surface area contributed by atoms with E-state index in [1.54, 1.807) is 0 Å². The van der Waals surface area contributed by atoms with Crippen molar-refractivity contribution in [2.24, 2.45) is 0 Å². The Morgan fingerprint density at radius 1 is 0.447 bits per heavy atom. The van der Waals surface area contributed by atoms with Crippen LogP contribution in [0.25, 0.3) is 55.1 Å². The highest BCUT2D eigenvalue weighted by atomic mass is 15.1. The standard InChI is InChI=1S/C36H23N2/c1-3-11-26-21-29(19-17-24(26)9-1)34-23-28-13-5-8-16-33(28)38(34)36-31-14-6-7-15-32(31)37-35(36)30-20-18-25-10-2-4-12-27(25)22-30/h1-23H. The topological polar surface area (TPSA) is 19.0 Å². The normalized spacial score (nSPS) is 12.8. The van der Waals surface area contributed by atoms with Gasteiger partial charge in [-0.2, -0.15) is 0 Å². The molecule has 177 valence electrons. The number of fused-ring (bicyclic) bond motifs is 4. The lowest BCUT2D eigenvalue weighted by Gasteiger charge is -2.16. The number of hydrogen-bond acceptors (Lipinski definition) is 0. The van der Waals surface area contributed by atoms with Crippen LogP contribution < -0.4 is 5.32 Å². The maximum absolute atomic E-state index is 5.22. The molecule has 0 unspecified atom stereocenters. The fourth-order valence-electron chi connectivity index (χ4n) is 5.79. The SMILES string of the molecule is c1ccc2c(c1)[N]C(c1ccc3ccccc3c1)=C2n1c(-c2ccc3ccccc3c2)cc2ccccc21. The summed E-state index contributed by atoms with van der Waals surface area (Å²) in [6.45, 7) is 0. The largest absolute Gasteiger partial charge is 0.306 e. The van der Waals surface area contributed by atoms with Crippen LogP contribution in [0.2, 0.25) is 0 Å². The highest BCUT2D eigenvalue weighted by Crippen LogP contribution is 2.44. The van der Waals surface area contributed by atoms with Gasteiger partial charge in [0, 0.05) is 16.5 Å². The monoisotopic (exact) mass is 483 g/mol. The summed E-state index contributed by atoms with van der Waals surface area (Å²) >= 11 is 0.